The number of hydrazone groups is 1. The van der Waals surface area contributed by atoms with Crippen molar-refractivity contribution < 1.29 is 24.3 Å². The van der Waals surface area contributed by atoms with E-state index in [9.17, 15) is 20.0 Å². The Balaban J connectivity index is 1.74. The summed E-state index contributed by atoms with van der Waals surface area (Å²) in [5, 5.41) is 24.6. The third-order valence-corrected chi connectivity index (χ3v) is 5.56. The predicted molar refractivity (Wildman–Crippen MR) is 134 cm³/mol. The van der Waals surface area contributed by atoms with Gasteiger partial charge in [0.15, 0.2) is 11.5 Å². The molecule has 0 fully saturated rings. The monoisotopic (exact) mass is 591 g/mol. The summed E-state index contributed by atoms with van der Waals surface area (Å²) in [5.74, 6) is -0.187. The van der Waals surface area contributed by atoms with Crippen LogP contribution in [0.25, 0.3) is 0 Å². The Morgan fingerprint density at radius 3 is 2.56 bits per heavy atom. The molecule has 0 radical (unpaired) electrons. The van der Waals surface area contributed by atoms with Gasteiger partial charge in [-0.05, 0) is 64.3 Å². The molecule has 3 aromatic carbocycles. The molecule has 0 spiro atoms. The molecule has 176 valence electrons. The van der Waals surface area contributed by atoms with Crippen LogP contribution >= 0.6 is 31.9 Å². The summed E-state index contributed by atoms with van der Waals surface area (Å²) in [6, 6.07) is 14.3. The number of ether oxygens (including phenoxy) is 2. The first-order valence-electron chi connectivity index (χ1n) is 9.93. The minimum absolute atomic E-state index is 0.265. The molecule has 0 unspecified atom stereocenters. The number of phenols is 1. The van der Waals surface area contributed by atoms with E-state index >= 15 is 0 Å². The van der Waals surface area contributed by atoms with Crippen molar-refractivity contribution in [2.75, 3.05) is 6.61 Å². The Morgan fingerprint density at radius 2 is 1.88 bits per heavy atom. The van der Waals surface area contributed by atoms with Crippen molar-refractivity contribution >= 4 is 49.7 Å². The van der Waals surface area contributed by atoms with Crippen molar-refractivity contribution in [2.24, 2.45) is 5.10 Å². The van der Waals surface area contributed by atoms with Gasteiger partial charge in [0.1, 0.15) is 12.4 Å². The fourth-order valence-electron chi connectivity index (χ4n) is 2.85. The summed E-state index contributed by atoms with van der Waals surface area (Å²) in [7, 11) is 0. The predicted octanol–water partition coefficient (Wildman–Crippen LogP) is 5.57. The molecule has 2 N–H and O–H groups in total. The van der Waals surface area contributed by atoms with Gasteiger partial charge in [0.25, 0.3) is 11.6 Å². The summed E-state index contributed by atoms with van der Waals surface area (Å²) in [5.41, 5.74) is 3.23. The lowest BCUT2D eigenvalue weighted by Crippen LogP contribution is -2.18. The zero-order valence-corrected chi connectivity index (χ0v) is 21.0. The first kappa shape index (κ1) is 25.2. The number of nitro groups is 1. The van der Waals surface area contributed by atoms with E-state index in [0.717, 1.165) is 28.2 Å². The Labute approximate surface area is 211 Å². The fourth-order valence-corrected chi connectivity index (χ4v) is 3.69. The molecule has 0 aliphatic rings. The topological polar surface area (TPSA) is 123 Å². The molecule has 9 nitrogen and oxygen atoms in total. The first-order valence-corrected chi connectivity index (χ1v) is 11.5. The highest BCUT2D eigenvalue weighted by atomic mass is 79.9. The summed E-state index contributed by atoms with van der Waals surface area (Å²) in [6.07, 6.45) is 1.37. The quantitative estimate of drug-likeness (QED) is 0.190. The van der Waals surface area contributed by atoms with Gasteiger partial charge in [0.05, 0.1) is 27.8 Å². The van der Waals surface area contributed by atoms with E-state index in [0.29, 0.717) is 34.7 Å². The largest absolute Gasteiger partial charge is 0.507 e. The van der Waals surface area contributed by atoms with Crippen molar-refractivity contribution in [3.8, 4) is 17.2 Å². The Morgan fingerprint density at radius 1 is 1.15 bits per heavy atom. The lowest BCUT2D eigenvalue weighted by atomic mass is 10.1. The highest BCUT2D eigenvalue weighted by Crippen LogP contribution is 2.37. The molecule has 3 aromatic rings. The van der Waals surface area contributed by atoms with Crippen molar-refractivity contribution in [2.45, 2.75) is 13.5 Å². The molecular formula is C23H19Br2N3O6. The maximum Gasteiger partial charge on any atom is 0.275 e. The number of non-ortho nitro benzene ring substituents is 1. The fraction of sp³-hybridized carbons (Fsp3) is 0.130. The van der Waals surface area contributed by atoms with E-state index in [4.69, 9.17) is 9.47 Å². The maximum atomic E-state index is 12.3. The van der Waals surface area contributed by atoms with Crippen LogP contribution in [0.1, 0.15) is 28.4 Å². The molecule has 1 amide bonds. The van der Waals surface area contributed by atoms with E-state index in [1.807, 2.05) is 31.2 Å². The molecule has 11 heteroatoms. The molecule has 0 bridgehead atoms. The van der Waals surface area contributed by atoms with E-state index in [1.165, 1.54) is 6.21 Å². The van der Waals surface area contributed by atoms with Crippen molar-refractivity contribution in [1.82, 2.24) is 5.43 Å². The number of amides is 1. The molecule has 0 saturated heterocycles. The van der Waals surface area contributed by atoms with Crippen LogP contribution in [-0.4, -0.2) is 28.8 Å². The van der Waals surface area contributed by atoms with Crippen LogP contribution in [0.2, 0.25) is 0 Å². The summed E-state index contributed by atoms with van der Waals surface area (Å²) < 4.78 is 13.3. The van der Waals surface area contributed by atoms with Gasteiger partial charge in [-0.25, -0.2) is 5.43 Å². The van der Waals surface area contributed by atoms with Crippen molar-refractivity contribution in [1.29, 1.82) is 0 Å². The van der Waals surface area contributed by atoms with Crippen LogP contribution in [0.3, 0.4) is 0 Å². The number of nitro benzene ring substituents is 1. The van der Waals surface area contributed by atoms with E-state index in [1.54, 1.807) is 12.1 Å². The van der Waals surface area contributed by atoms with Crippen LogP contribution in [0.4, 0.5) is 5.69 Å². The van der Waals surface area contributed by atoms with Gasteiger partial charge in [-0.3, -0.25) is 14.9 Å². The van der Waals surface area contributed by atoms with E-state index in [-0.39, 0.29) is 11.3 Å². The Hall–Kier alpha value is -3.44. The highest BCUT2D eigenvalue weighted by Gasteiger charge is 2.16. The third kappa shape index (κ3) is 6.55. The molecule has 0 aliphatic heterocycles. The molecule has 0 heterocycles. The third-order valence-electron chi connectivity index (χ3n) is 4.44. The SMILES string of the molecule is CCOc1cc(/C=N\NC(=O)c2cc([N+](=O)[O-])ccc2O)cc(Br)c1OCc1ccc(Br)cc1. The number of phenolic OH excluding ortho intramolecular Hbond substituents is 1. The molecule has 0 saturated carbocycles. The Kier molecular flexibility index (Phi) is 8.61. The van der Waals surface area contributed by atoms with Crippen LogP contribution in [0, 0.1) is 10.1 Å². The zero-order chi connectivity index (χ0) is 24.7. The number of carbonyl (C=O) groups excluding carboxylic acids is 1. The number of rotatable bonds is 9. The van der Waals surface area contributed by atoms with Crippen LogP contribution in [-0.2, 0) is 6.61 Å². The van der Waals surface area contributed by atoms with Gasteiger partial charge in [-0.1, -0.05) is 28.1 Å². The summed E-state index contributed by atoms with van der Waals surface area (Å²) in [4.78, 5) is 22.5. The van der Waals surface area contributed by atoms with E-state index < -0.39 is 16.6 Å². The lowest BCUT2D eigenvalue weighted by molar-refractivity contribution is -0.384. The second kappa shape index (κ2) is 11.6. The van der Waals surface area contributed by atoms with Gasteiger partial charge in [0, 0.05) is 16.6 Å². The second-order valence-corrected chi connectivity index (χ2v) is 8.61. The number of nitrogens with one attached hydrogen (secondary N) is 1. The summed E-state index contributed by atoms with van der Waals surface area (Å²) >= 11 is 6.89. The van der Waals surface area contributed by atoms with Crippen LogP contribution < -0.4 is 14.9 Å². The average molecular weight is 593 g/mol. The average Bonchev–Trinajstić information content (AvgIpc) is 2.80. The number of halogens is 2. The smallest absolute Gasteiger partial charge is 0.275 e. The first-order chi connectivity index (χ1) is 16.3. The number of aromatic hydroxyl groups is 1. The van der Waals surface area contributed by atoms with E-state index in [2.05, 4.69) is 42.4 Å². The molecule has 0 aromatic heterocycles. The number of nitrogens with zero attached hydrogens (tertiary/aromatic N) is 2. The highest BCUT2D eigenvalue weighted by molar-refractivity contribution is 9.10. The normalized spacial score (nSPS) is 10.8. The number of benzene rings is 3. The standard InChI is InChI=1S/C23H19Br2N3O6/c1-2-33-21-10-15(9-19(25)22(21)34-13-14-3-5-16(24)6-4-14)12-26-27-23(30)18-11-17(28(31)32)7-8-20(18)29/h3-12,29H,2,13H2,1H3,(H,27,30)/b26-12-. The molecule has 0 atom stereocenters. The van der Waals surface area contributed by atoms with Gasteiger partial charge in [0.2, 0.25) is 0 Å². The van der Waals surface area contributed by atoms with Gasteiger partial charge >= 0.3 is 0 Å². The van der Waals surface area contributed by atoms with Crippen LogP contribution in [0.15, 0.2) is 68.6 Å². The zero-order valence-electron chi connectivity index (χ0n) is 17.8. The van der Waals surface area contributed by atoms with Crippen LogP contribution in [0.5, 0.6) is 17.2 Å². The molecule has 3 rings (SSSR count). The number of hydrogen-bond donors (Lipinski definition) is 2. The van der Waals surface area contributed by atoms with Crippen molar-refractivity contribution in [3.63, 3.8) is 0 Å². The number of hydrogen-bond acceptors (Lipinski definition) is 7. The minimum atomic E-state index is -0.795. The number of carbonyl (C=O) groups is 1. The lowest BCUT2D eigenvalue weighted by Gasteiger charge is -2.14. The molecular weight excluding hydrogens is 574 g/mol. The summed E-state index contributed by atoms with van der Waals surface area (Å²) in [6.45, 7) is 2.59. The Bertz CT molecular complexity index is 1230. The molecule has 34 heavy (non-hydrogen) atoms. The maximum absolute atomic E-state index is 12.3. The second-order valence-electron chi connectivity index (χ2n) is 6.84. The minimum Gasteiger partial charge on any atom is -0.507 e. The molecule has 0 aliphatic carbocycles. The van der Waals surface area contributed by atoms with Crippen molar-refractivity contribution in [3.05, 3.63) is 90.3 Å². The van der Waals surface area contributed by atoms with Gasteiger partial charge in [-0.15, -0.1) is 0 Å². The van der Waals surface area contributed by atoms with Gasteiger partial charge < -0.3 is 14.6 Å². The van der Waals surface area contributed by atoms with Gasteiger partial charge in [-0.2, -0.15) is 5.10 Å².